The van der Waals surface area contributed by atoms with E-state index in [0.717, 1.165) is 38.9 Å². The summed E-state index contributed by atoms with van der Waals surface area (Å²) in [5.74, 6) is 0.249. The van der Waals surface area contributed by atoms with Crippen LogP contribution in [0.25, 0.3) is 0 Å². The molecule has 3 heteroatoms. The zero-order valence-corrected chi connectivity index (χ0v) is 9.60. The quantitative estimate of drug-likeness (QED) is 0.727. The summed E-state index contributed by atoms with van der Waals surface area (Å²) in [6, 6.07) is 0. The third kappa shape index (κ3) is 2.71. The van der Waals surface area contributed by atoms with Gasteiger partial charge in [-0.15, -0.1) is 0 Å². The summed E-state index contributed by atoms with van der Waals surface area (Å²) in [6.07, 6.45) is 3.33. The monoisotopic (exact) mass is 198 g/mol. The second-order valence-electron chi connectivity index (χ2n) is 4.55. The van der Waals surface area contributed by atoms with E-state index < -0.39 is 0 Å². The fraction of sp³-hybridized carbons (Fsp3) is 0.909. The molecule has 0 unspecified atom stereocenters. The average molecular weight is 198 g/mol. The Morgan fingerprint density at radius 1 is 1.43 bits per heavy atom. The van der Waals surface area contributed by atoms with Crippen molar-refractivity contribution in [2.45, 2.75) is 45.6 Å². The molecule has 14 heavy (non-hydrogen) atoms. The maximum absolute atomic E-state index is 12.1. The molecule has 1 saturated heterocycles. The Bertz CT molecular complexity index is 201. The molecule has 0 aromatic heterocycles. The van der Waals surface area contributed by atoms with E-state index in [2.05, 4.69) is 12.2 Å². The first-order valence-corrected chi connectivity index (χ1v) is 5.62. The molecule has 0 saturated carbocycles. The van der Waals surface area contributed by atoms with Crippen LogP contribution >= 0.6 is 0 Å². The molecule has 1 aliphatic heterocycles. The highest BCUT2D eigenvalue weighted by molar-refractivity contribution is 5.85. The van der Waals surface area contributed by atoms with E-state index in [1.54, 1.807) is 0 Å². The average Bonchev–Trinajstić information content (AvgIpc) is 2.13. The van der Waals surface area contributed by atoms with Gasteiger partial charge >= 0.3 is 0 Å². The molecule has 1 N–H and O–H groups in total. The van der Waals surface area contributed by atoms with Crippen LogP contribution in [0.1, 0.15) is 40.0 Å². The van der Waals surface area contributed by atoms with E-state index >= 15 is 0 Å². The van der Waals surface area contributed by atoms with Crippen molar-refractivity contribution in [2.75, 3.05) is 19.6 Å². The van der Waals surface area contributed by atoms with E-state index in [9.17, 15) is 4.79 Å². The molecule has 0 aromatic rings. The van der Waals surface area contributed by atoms with E-state index in [-0.39, 0.29) is 11.4 Å². The lowest BCUT2D eigenvalue weighted by molar-refractivity contribution is -0.137. The van der Waals surface area contributed by atoms with Gasteiger partial charge in [-0.3, -0.25) is 4.79 Å². The lowest BCUT2D eigenvalue weighted by atomic mass is 10.0. The van der Waals surface area contributed by atoms with Crippen LogP contribution in [0, 0.1) is 0 Å². The Morgan fingerprint density at radius 2 is 2.14 bits per heavy atom. The summed E-state index contributed by atoms with van der Waals surface area (Å²) >= 11 is 0. The number of hydrogen-bond donors (Lipinski definition) is 1. The zero-order valence-electron chi connectivity index (χ0n) is 9.60. The van der Waals surface area contributed by atoms with E-state index in [1.165, 1.54) is 0 Å². The predicted molar refractivity (Wildman–Crippen MR) is 58.2 cm³/mol. The lowest BCUT2D eigenvalue weighted by Crippen LogP contribution is -2.56. The van der Waals surface area contributed by atoms with Crippen LogP contribution in [0.3, 0.4) is 0 Å². The van der Waals surface area contributed by atoms with Crippen LogP contribution < -0.4 is 5.32 Å². The number of carbonyl (C=O) groups excluding carboxylic acids is 1. The first-order valence-electron chi connectivity index (χ1n) is 5.62. The van der Waals surface area contributed by atoms with Crippen LogP contribution in [-0.2, 0) is 4.79 Å². The standard InChI is InChI=1S/C11H22N2O/c1-4-8-13-9-6-5-7-12-11(2,3)10(13)14/h12H,4-9H2,1-3H3. The summed E-state index contributed by atoms with van der Waals surface area (Å²) in [6.45, 7) is 8.85. The minimum absolute atomic E-state index is 0.249. The van der Waals surface area contributed by atoms with Crippen LogP contribution in [0.15, 0.2) is 0 Å². The largest absolute Gasteiger partial charge is 0.341 e. The number of nitrogens with zero attached hydrogens (tertiary/aromatic N) is 1. The number of nitrogens with one attached hydrogen (secondary N) is 1. The lowest BCUT2D eigenvalue weighted by Gasteiger charge is -2.35. The van der Waals surface area contributed by atoms with Crippen LogP contribution in [-0.4, -0.2) is 36.0 Å². The van der Waals surface area contributed by atoms with Crippen LogP contribution in [0.2, 0.25) is 0 Å². The molecule has 0 radical (unpaired) electrons. The summed E-state index contributed by atoms with van der Waals surface area (Å²) in [5, 5.41) is 3.31. The predicted octanol–water partition coefficient (Wildman–Crippen LogP) is 1.39. The summed E-state index contributed by atoms with van der Waals surface area (Å²) in [4.78, 5) is 14.1. The summed E-state index contributed by atoms with van der Waals surface area (Å²) in [5.41, 5.74) is -0.379. The van der Waals surface area contributed by atoms with Crippen LogP contribution in [0.4, 0.5) is 0 Å². The van der Waals surface area contributed by atoms with Crippen molar-refractivity contribution in [2.24, 2.45) is 0 Å². The molecule has 82 valence electrons. The van der Waals surface area contributed by atoms with Crippen molar-refractivity contribution in [1.29, 1.82) is 0 Å². The Balaban J connectivity index is 2.67. The highest BCUT2D eigenvalue weighted by atomic mass is 16.2. The fourth-order valence-electron chi connectivity index (χ4n) is 1.88. The van der Waals surface area contributed by atoms with Gasteiger partial charge in [-0.05, 0) is 39.7 Å². The Kier molecular flexibility index (Phi) is 3.93. The van der Waals surface area contributed by atoms with Gasteiger partial charge < -0.3 is 10.2 Å². The molecule has 0 atom stereocenters. The van der Waals surface area contributed by atoms with Gasteiger partial charge in [0.15, 0.2) is 0 Å². The summed E-state index contributed by atoms with van der Waals surface area (Å²) in [7, 11) is 0. The second-order valence-corrected chi connectivity index (χ2v) is 4.55. The molecule has 0 aliphatic carbocycles. The number of hydrogen-bond acceptors (Lipinski definition) is 2. The van der Waals surface area contributed by atoms with Gasteiger partial charge in [0.05, 0.1) is 5.54 Å². The first-order chi connectivity index (χ1) is 6.58. The molecule has 0 bridgehead atoms. The molecule has 1 fully saturated rings. The van der Waals surface area contributed by atoms with Crippen molar-refractivity contribution in [3.8, 4) is 0 Å². The molecular formula is C11H22N2O. The topological polar surface area (TPSA) is 32.3 Å². The van der Waals surface area contributed by atoms with Crippen molar-refractivity contribution < 1.29 is 4.79 Å². The van der Waals surface area contributed by atoms with Crippen LogP contribution in [0.5, 0.6) is 0 Å². The van der Waals surface area contributed by atoms with Gasteiger partial charge in [0.2, 0.25) is 5.91 Å². The first kappa shape index (κ1) is 11.5. The van der Waals surface area contributed by atoms with E-state index in [1.807, 2.05) is 18.7 Å². The number of amides is 1. The summed E-state index contributed by atoms with van der Waals surface area (Å²) < 4.78 is 0. The maximum Gasteiger partial charge on any atom is 0.242 e. The van der Waals surface area contributed by atoms with Gasteiger partial charge in [-0.2, -0.15) is 0 Å². The number of carbonyl (C=O) groups is 1. The maximum atomic E-state index is 12.1. The Morgan fingerprint density at radius 3 is 2.79 bits per heavy atom. The highest BCUT2D eigenvalue weighted by Gasteiger charge is 2.31. The molecule has 1 heterocycles. The molecule has 3 nitrogen and oxygen atoms in total. The van der Waals surface area contributed by atoms with Crippen molar-refractivity contribution >= 4 is 5.91 Å². The van der Waals surface area contributed by atoms with Gasteiger partial charge in [-0.1, -0.05) is 6.92 Å². The molecule has 1 rings (SSSR count). The Labute approximate surface area is 86.9 Å². The molecular weight excluding hydrogens is 176 g/mol. The third-order valence-corrected chi connectivity index (χ3v) is 2.74. The van der Waals surface area contributed by atoms with E-state index in [4.69, 9.17) is 0 Å². The van der Waals surface area contributed by atoms with Crippen molar-refractivity contribution in [3.05, 3.63) is 0 Å². The van der Waals surface area contributed by atoms with Crippen molar-refractivity contribution in [3.63, 3.8) is 0 Å². The molecule has 0 aromatic carbocycles. The molecule has 1 amide bonds. The van der Waals surface area contributed by atoms with Gasteiger partial charge in [0, 0.05) is 13.1 Å². The third-order valence-electron chi connectivity index (χ3n) is 2.74. The minimum atomic E-state index is -0.379. The van der Waals surface area contributed by atoms with Gasteiger partial charge in [0.25, 0.3) is 0 Å². The van der Waals surface area contributed by atoms with Crippen molar-refractivity contribution in [1.82, 2.24) is 10.2 Å². The minimum Gasteiger partial charge on any atom is -0.341 e. The normalized spacial score (nSPS) is 23.1. The van der Waals surface area contributed by atoms with Gasteiger partial charge in [0.1, 0.15) is 0 Å². The van der Waals surface area contributed by atoms with Gasteiger partial charge in [-0.25, -0.2) is 0 Å². The number of rotatable bonds is 2. The molecule has 1 aliphatic rings. The zero-order chi connectivity index (χ0) is 10.6. The fourth-order valence-corrected chi connectivity index (χ4v) is 1.88. The molecule has 0 spiro atoms. The van der Waals surface area contributed by atoms with E-state index in [0.29, 0.717) is 0 Å². The highest BCUT2D eigenvalue weighted by Crippen LogP contribution is 2.12. The SMILES string of the molecule is CCCN1CCCCNC(C)(C)C1=O. The smallest absolute Gasteiger partial charge is 0.242 e. The second kappa shape index (κ2) is 4.78. The Hall–Kier alpha value is -0.570.